The maximum Gasteiger partial charge on any atom is 0.310 e. The summed E-state index contributed by atoms with van der Waals surface area (Å²) >= 11 is 0. The van der Waals surface area contributed by atoms with Crippen molar-refractivity contribution in [3.63, 3.8) is 0 Å². The Bertz CT molecular complexity index is 510. The van der Waals surface area contributed by atoms with Gasteiger partial charge in [0.05, 0.1) is 30.7 Å². The van der Waals surface area contributed by atoms with Gasteiger partial charge in [-0.05, 0) is 24.5 Å². The number of rotatable bonds is 5. The Hall–Kier alpha value is -2.33. The maximum atomic E-state index is 11.4. The van der Waals surface area contributed by atoms with Gasteiger partial charge in [-0.25, -0.2) is 0 Å². The lowest BCUT2D eigenvalue weighted by Crippen LogP contribution is -2.09. The summed E-state index contributed by atoms with van der Waals surface area (Å²) in [5, 5.41) is 17.7. The van der Waals surface area contributed by atoms with E-state index in [0.29, 0.717) is 30.6 Å². The molecule has 0 heterocycles. The molecular weight excluding hydrogens is 228 g/mol. The highest BCUT2D eigenvalue weighted by molar-refractivity contribution is 5.73. The normalized spacial score (nSPS) is 9.28. The highest BCUT2D eigenvalue weighted by atomic mass is 16.5. The van der Waals surface area contributed by atoms with E-state index in [1.165, 1.54) is 0 Å². The van der Waals surface area contributed by atoms with Crippen LogP contribution in [-0.2, 0) is 22.4 Å². The van der Waals surface area contributed by atoms with Crippen LogP contribution < -0.4 is 0 Å². The molecule has 0 atom stereocenters. The predicted molar refractivity (Wildman–Crippen MR) is 65.4 cm³/mol. The minimum Gasteiger partial charge on any atom is -0.466 e. The average Bonchev–Trinajstić information content (AvgIpc) is 2.36. The third-order valence-electron chi connectivity index (χ3n) is 2.50. The smallest absolute Gasteiger partial charge is 0.310 e. The molecular formula is C14H14N2O2. The van der Waals surface area contributed by atoms with E-state index in [1.54, 1.807) is 19.1 Å². The second-order valence-electron chi connectivity index (χ2n) is 3.70. The van der Waals surface area contributed by atoms with Crippen LogP contribution in [0.3, 0.4) is 0 Å². The molecule has 0 aromatic heterocycles. The summed E-state index contributed by atoms with van der Waals surface area (Å²) in [6, 6.07) is 9.50. The molecule has 1 rings (SSSR count). The largest absolute Gasteiger partial charge is 0.466 e. The van der Waals surface area contributed by atoms with Crippen LogP contribution >= 0.6 is 0 Å². The van der Waals surface area contributed by atoms with Gasteiger partial charge in [0.25, 0.3) is 0 Å². The first-order chi connectivity index (χ1) is 8.72. The third-order valence-corrected chi connectivity index (χ3v) is 2.50. The molecule has 18 heavy (non-hydrogen) atoms. The lowest BCUT2D eigenvalue weighted by Gasteiger charge is -2.08. The Labute approximate surface area is 106 Å². The third kappa shape index (κ3) is 3.61. The monoisotopic (exact) mass is 242 g/mol. The van der Waals surface area contributed by atoms with Gasteiger partial charge in [0.2, 0.25) is 0 Å². The van der Waals surface area contributed by atoms with Gasteiger partial charge in [-0.3, -0.25) is 4.79 Å². The van der Waals surface area contributed by atoms with Gasteiger partial charge in [0.1, 0.15) is 0 Å². The van der Waals surface area contributed by atoms with E-state index < -0.39 is 0 Å². The molecule has 92 valence electrons. The van der Waals surface area contributed by atoms with Crippen molar-refractivity contribution in [1.82, 2.24) is 0 Å². The van der Waals surface area contributed by atoms with Crippen molar-refractivity contribution < 1.29 is 9.53 Å². The molecule has 0 spiro atoms. The van der Waals surface area contributed by atoms with Crippen molar-refractivity contribution in [2.75, 3.05) is 6.61 Å². The molecule has 1 aromatic rings. The molecule has 0 aliphatic heterocycles. The van der Waals surface area contributed by atoms with Crippen LogP contribution in [0.15, 0.2) is 18.2 Å². The van der Waals surface area contributed by atoms with Gasteiger partial charge >= 0.3 is 5.97 Å². The zero-order valence-electron chi connectivity index (χ0n) is 10.3. The van der Waals surface area contributed by atoms with Crippen LogP contribution in [0.2, 0.25) is 0 Å². The second-order valence-corrected chi connectivity index (χ2v) is 3.70. The van der Waals surface area contributed by atoms with E-state index in [4.69, 9.17) is 15.3 Å². The van der Waals surface area contributed by atoms with Crippen molar-refractivity contribution in [2.24, 2.45) is 0 Å². The van der Waals surface area contributed by atoms with Crippen LogP contribution in [0.4, 0.5) is 0 Å². The highest BCUT2D eigenvalue weighted by Crippen LogP contribution is 2.16. The van der Waals surface area contributed by atoms with Gasteiger partial charge in [-0.15, -0.1) is 0 Å². The van der Waals surface area contributed by atoms with E-state index in [0.717, 1.165) is 5.56 Å². The fraction of sp³-hybridized carbons (Fsp3) is 0.357. The van der Waals surface area contributed by atoms with E-state index in [9.17, 15) is 4.79 Å². The molecule has 0 bridgehead atoms. The number of nitrogens with zero attached hydrogens (tertiary/aromatic N) is 2. The van der Waals surface area contributed by atoms with Crippen LogP contribution in [0.5, 0.6) is 0 Å². The van der Waals surface area contributed by atoms with Crippen molar-refractivity contribution >= 4 is 5.97 Å². The van der Waals surface area contributed by atoms with Crippen molar-refractivity contribution in [2.45, 2.75) is 26.2 Å². The summed E-state index contributed by atoms with van der Waals surface area (Å²) in [4.78, 5) is 11.4. The molecule has 0 fully saturated rings. The van der Waals surface area contributed by atoms with Crippen molar-refractivity contribution in [1.29, 1.82) is 10.5 Å². The zero-order valence-corrected chi connectivity index (χ0v) is 10.3. The number of aryl methyl sites for hydroxylation is 1. The van der Waals surface area contributed by atoms with Gasteiger partial charge in [-0.2, -0.15) is 10.5 Å². The number of nitriles is 2. The van der Waals surface area contributed by atoms with Gasteiger partial charge < -0.3 is 4.74 Å². The summed E-state index contributed by atoms with van der Waals surface area (Å²) in [5.74, 6) is -0.341. The molecule has 0 unspecified atom stereocenters. The van der Waals surface area contributed by atoms with Gasteiger partial charge in [0, 0.05) is 6.42 Å². The zero-order chi connectivity index (χ0) is 13.4. The molecule has 1 aromatic carbocycles. The molecule has 0 saturated carbocycles. The number of esters is 1. The Kier molecular flexibility index (Phi) is 5.41. The van der Waals surface area contributed by atoms with Crippen molar-refractivity contribution in [3.8, 4) is 12.1 Å². The minimum atomic E-state index is -0.341. The quantitative estimate of drug-likeness (QED) is 0.741. The minimum absolute atomic E-state index is 0.0944. The maximum absolute atomic E-state index is 11.4. The Morgan fingerprint density at radius 1 is 1.33 bits per heavy atom. The predicted octanol–water partition coefficient (Wildman–Crippen LogP) is 2.12. The van der Waals surface area contributed by atoms with E-state index in [-0.39, 0.29) is 12.4 Å². The summed E-state index contributed by atoms with van der Waals surface area (Å²) in [6.07, 6.45) is 0.977. The highest BCUT2D eigenvalue weighted by Gasteiger charge is 2.11. The first-order valence-electron chi connectivity index (χ1n) is 5.76. The number of carbonyl (C=O) groups excluding carboxylic acids is 1. The lowest BCUT2D eigenvalue weighted by molar-refractivity contribution is -0.142. The van der Waals surface area contributed by atoms with Crippen LogP contribution in [0.1, 0.15) is 30.0 Å². The molecule has 0 aliphatic carbocycles. The molecule has 4 heteroatoms. The Morgan fingerprint density at radius 3 is 2.67 bits per heavy atom. The van der Waals surface area contributed by atoms with Gasteiger partial charge in [0.15, 0.2) is 0 Å². The van der Waals surface area contributed by atoms with Crippen LogP contribution in [0, 0.1) is 22.7 Å². The number of hydrogen-bond donors (Lipinski definition) is 0. The average molecular weight is 242 g/mol. The Balaban J connectivity index is 2.95. The van der Waals surface area contributed by atoms with E-state index in [1.807, 2.05) is 12.1 Å². The fourth-order valence-corrected chi connectivity index (χ4v) is 1.71. The standard InChI is InChI=1S/C14H14N2O2/c1-2-18-14(17)9-12-6-3-5-11(7-4-8-15)13(12)10-16/h3,5-6H,2,4,7,9H2,1H3. The molecule has 0 amide bonds. The molecule has 0 saturated heterocycles. The SMILES string of the molecule is CCOC(=O)Cc1cccc(CCC#N)c1C#N. The summed E-state index contributed by atoms with van der Waals surface area (Å²) < 4.78 is 4.87. The van der Waals surface area contributed by atoms with Crippen molar-refractivity contribution in [3.05, 3.63) is 34.9 Å². The molecule has 4 nitrogen and oxygen atoms in total. The number of carbonyl (C=O) groups is 1. The fourth-order valence-electron chi connectivity index (χ4n) is 1.71. The number of ether oxygens (including phenoxy) is 1. The number of hydrogen-bond acceptors (Lipinski definition) is 4. The summed E-state index contributed by atoms with van der Waals surface area (Å²) in [5.41, 5.74) is 1.95. The first-order valence-corrected chi connectivity index (χ1v) is 5.76. The summed E-state index contributed by atoms with van der Waals surface area (Å²) in [7, 11) is 0. The lowest BCUT2D eigenvalue weighted by atomic mass is 9.97. The summed E-state index contributed by atoms with van der Waals surface area (Å²) in [6.45, 7) is 2.07. The van der Waals surface area contributed by atoms with Crippen LogP contribution in [-0.4, -0.2) is 12.6 Å². The van der Waals surface area contributed by atoms with E-state index in [2.05, 4.69) is 6.07 Å². The first kappa shape index (κ1) is 13.7. The van der Waals surface area contributed by atoms with E-state index >= 15 is 0 Å². The van der Waals surface area contributed by atoms with Crippen LogP contribution in [0.25, 0.3) is 0 Å². The Morgan fingerprint density at radius 2 is 2.06 bits per heavy atom. The molecule has 0 radical (unpaired) electrons. The number of benzene rings is 1. The molecule has 0 aliphatic rings. The second kappa shape index (κ2) is 7.09. The van der Waals surface area contributed by atoms with Gasteiger partial charge in [-0.1, -0.05) is 18.2 Å². The molecule has 0 N–H and O–H groups in total. The topological polar surface area (TPSA) is 73.9 Å².